The van der Waals surface area contributed by atoms with Gasteiger partial charge in [0.1, 0.15) is 18.0 Å². The maximum atomic E-state index is 15.1. The van der Waals surface area contributed by atoms with Crippen LogP contribution < -0.4 is 14.3 Å². The van der Waals surface area contributed by atoms with Crippen LogP contribution in [0.4, 0.5) is 10.1 Å². The standard InChI is InChI=1S/C18H24FN3O4S/c19-17-14-7-12(9-20-5-4-11-2-1-3-11)6-13(14)8-15(23)18(17)22-10-16(24)21-27(22,25)26/h8,11-12,20,23H,1-7,9-10H2,(H,21,24). The molecular weight excluding hydrogens is 373 g/mol. The van der Waals surface area contributed by atoms with E-state index in [0.29, 0.717) is 28.3 Å². The molecule has 0 radical (unpaired) electrons. The molecule has 3 aliphatic rings. The lowest BCUT2D eigenvalue weighted by molar-refractivity contribution is -0.117. The minimum absolute atomic E-state index is 0.209. The number of nitrogens with zero attached hydrogens (tertiary/aromatic N) is 1. The number of phenolic OH excluding ortho intramolecular Hbond substituents is 1. The zero-order chi connectivity index (χ0) is 19.2. The smallest absolute Gasteiger partial charge is 0.326 e. The van der Waals surface area contributed by atoms with E-state index in [2.05, 4.69) is 5.32 Å². The summed E-state index contributed by atoms with van der Waals surface area (Å²) in [5.74, 6) is -0.899. The van der Waals surface area contributed by atoms with Crippen molar-refractivity contribution in [3.8, 4) is 5.75 Å². The second-order valence-electron chi connectivity index (χ2n) is 7.80. The van der Waals surface area contributed by atoms with E-state index >= 15 is 4.39 Å². The van der Waals surface area contributed by atoms with Gasteiger partial charge in [-0.05, 0) is 61.4 Å². The van der Waals surface area contributed by atoms with Gasteiger partial charge in [-0.1, -0.05) is 19.3 Å². The van der Waals surface area contributed by atoms with Crippen molar-refractivity contribution in [1.82, 2.24) is 10.0 Å². The van der Waals surface area contributed by atoms with Gasteiger partial charge in [0.05, 0.1) is 0 Å². The normalized spacial score (nSPS) is 24.0. The average Bonchev–Trinajstić information content (AvgIpc) is 3.05. The lowest BCUT2D eigenvalue weighted by atomic mass is 9.83. The van der Waals surface area contributed by atoms with E-state index in [4.69, 9.17) is 0 Å². The lowest BCUT2D eigenvalue weighted by Crippen LogP contribution is -2.30. The number of carbonyl (C=O) groups excluding carboxylic acids is 1. The van der Waals surface area contributed by atoms with Gasteiger partial charge in [0.25, 0.3) is 5.91 Å². The highest BCUT2D eigenvalue weighted by atomic mass is 32.2. The van der Waals surface area contributed by atoms with E-state index in [-0.39, 0.29) is 5.92 Å². The monoisotopic (exact) mass is 397 g/mol. The summed E-state index contributed by atoms with van der Waals surface area (Å²) in [5, 5.41) is 13.7. The van der Waals surface area contributed by atoms with Crippen molar-refractivity contribution in [3.63, 3.8) is 0 Å². The molecule has 27 heavy (non-hydrogen) atoms. The first-order valence-electron chi connectivity index (χ1n) is 9.42. The molecule has 0 bridgehead atoms. The third-order valence-electron chi connectivity index (χ3n) is 5.87. The summed E-state index contributed by atoms with van der Waals surface area (Å²) in [7, 11) is -4.17. The SMILES string of the molecule is O=C1CN(c2c(O)cc3c(c2F)CC(CNCCC2CCC2)C3)S(=O)(=O)N1. The third kappa shape index (κ3) is 3.50. The molecule has 3 N–H and O–H groups in total. The summed E-state index contributed by atoms with van der Waals surface area (Å²) in [4.78, 5) is 11.4. The zero-order valence-corrected chi connectivity index (χ0v) is 15.8. The van der Waals surface area contributed by atoms with Gasteiger partial charge in [-0.2, -0.15) is 8.42 Å². The lowest BCUT2D eigenvalue weighted by Gasteiger charge is -2.25. The van der Waals surface area contributed by atoms with Crippen molar-refractivity contribution < 1.29 is 22.7 Å². The quantitative estimate of drug-likeness (QED) is 0.627. The highest BCUT2D eigenvalue weighted by molar-refractivity contribution is 7.92. The molecule has 2 fully saturated rings. The third-order valence-corrected chi connectivity index (χ3v) is 7.25. The molecule has 1 saturated heterocycles. The Bertz CT molecular complexity index is 870. The first-order chi connectivity index (χ1) is 12.8. The van der Waals surface area contributed by atoms with Gasteiger partial charge >= 0.3 is 10.2 Å². The van der Waals surface area contributed by atoms with Gasteiger partial charge in [-0.3, -0.25) is 4.79 Å². The number of aromatic hydroxyl groups is 1. The van der Waals surface area contributed by atoms with E-state index in [1.54, 1.807) is 4.72 Å². The summed E-state index contributed by atoms with van der Waals surface area (Å²) in [5.41, 5.74) is 0.698. The van der Waals surface area contributed by atoms with Crippen LogP contribution in [-0.2, 0) is 27.8 Å². The number of fused-ring (bicyclic) bond motifs is 1. The van der Waals surface area contributed by atoms with Crippen LogP contribution in [0, 0.1) is 17.7 Å². The van der Waals surface area contributed by atoms with E-state index < -0.39 is 39.9 Å². The minimum Gasteiger partial charge on any atom is -0.506 e. The van der Waals surface area contributed by atoms with E-state index in [1.165, 1.54) is 31.7 Å². The number of nitrogens with one attached hydrogen (secondary N) is 2. The maximum Gasteiger partial charge on any atom is 0.326 e. The van der Waals surface area contributed by atoms with Crippen LogP contribution in [0.25, 0.3) is 0 Å². The Morgan fingerprint density at radius 2 is 2.07 bits per heavy atom. The van der Waals surface area contributed by atoms with Crippen molar-refractivity contribution in [1.29, 1.82) is 0 Å². The molecule has 1 saturated carbocycles. The van der Waals surface area contributed by atoms with Gasteiger partial charge in [0, 0.05) is 0 Å². The molecule has 9 heteroatoms. The van der Waals surface area contributed by atoms with Crippen LogP contribution in [-0.4, -0.2) is 39.1 Å². The molecule has 1 unspecified atom stereocenters. The number of hydrogen-bond donors (Lipinski definition) is 3. The topological polar surface area (TPSA) is 98.7 Å². The molecule has 1 heterocycles. The number of anilines is 1. The fourth-order valence-electron chi connectivity index (χ4n) is 4.21. The number of hydrogen-bond acceptors (Lipinski definition) is 5. The molecule has 0 spiro atoms. The van der Waals surface area contributed by atoms with Crippen LogP contribution >= 0.6 is 0 Å². The number of amides is 1. The Hall–Kier alpha value is -1.87. The molecule has 148 valence electrons. The molecule has 4 rings (SSSR count). The highest BCUT2D eigenvalue weighted by Crippen LogP contribution is 2.41. The highest BCUT2D eigenvalue weighted by Gasteiger charge is 2.39. The fourth-order valence-corrected chi connectivity index (χ4v) is 5.38. The van der Waals surface area contributed by atoms with Gasteiger partial charge in [-0.15, -0.1) is 0 Å². The summed E-state index contributed by atoms with van der Waals surface area (Å²) in [6.45, 7) is 1.19. The van der Waals surface area contributed by atoms with E-state index in [1.807, 2.05) is 0 Å². The maximum absolute atomic E-state index is 15.1. The van der Waals surface area contributed by atoms with Gasteiger partial charge in [-0.25, -0.2) is 13.4 Å². The Labute approximate surface area is 158 Å². The van der Waals surface area contributed by atoms with Crippen LogP contribution in [0.3, 0.4) is 0 Å². The van der Waals surface area contributed by atoms with Crippen LogP contribution in [0.5, 0.6) is 5.75 Å². The van der Waals surface area contributed by atoms with Gasteiger partial charge in [0.2, 0.25) is 0 Å². The summed E-state index contributed by atoms with van der Waals surface area (Å²) in [6.07, 6.45) is 6.27. The van der Waals surface area contributed by atoms with Crippen molar-refractivity contribution in [2.24, 2.45) is 11.8 Å². The number of phenols is 1. The molecule has 0 aromatic heterocycles. The number of benzene rings is 1. The van der Waals surface area contributed by atoms with Crippen molar-refractivity contribution >= 4 is 21.8 Å². The Balaban J connectivity index is 1.46. The first kappa shape index (κ1) is 18.5. The summed E-state index contributed by atoms with van der Waals surface area (Å²) < 4.78 is 41.5. The van der Waals surface area contributed by atoms with Crippen LogP contribution in [0.2, 0.25) is 0 Å². The van der Waals surface area contributed by atoms with E-state index in [0.717, 1.165) is 19.0 Å². The number of halogens is 1. The second-order valence-corrected chi connectivity index (χ2v) is 9.39. The molecular formula is C18H24FN3O4S. The average molecular weight is 397 g/mol. The first-order valence-corrected chi connectivity index (χ1v) is 10.9. The van der Waals surface area contributed by atoms with E-state index in [9.17, 15) is 18.3 Å². The Morgan fingerprint density at radius 1 is 1.30 bits per heavy atom. The Kier molecular flexibility index (Phi) is 4.75. The van der Waals surface area contributed by atoms with Crippen LogP contribution in [0.1, 0.15) is 36.8 Å². The molecule has 1 aromatic rings. The second kappa shape index (κ2) is 6.94. The predicted molar refractivity (Wildman–Crippen MR) is 98.2 cm³/mol. The molecule has 1 amide bonds. The number of rotatable bonds is 6. The van der Waals surface area contributed by atoms with Gasteiger partial charge < -0.3 is 10.4 Å². The van der Waals surface area contributed by atoms with Gasteiger partial charge in [0.15, 0.2) is 5.82 Å². The summed E-state index contributed by atoms with van der Waals surface area (Å²) >= 11 is 0. The predicted octanol–water partition coefficient (Wildman–Crippen LogP) is 1.21. The molecule has 2 aliphatic carbocycles. The summed E-state index contributed by atoms with van der Waals surface area (Å²) in [6, 6.07) is 1.43. The minimum atomic E-state index is -4.17. The molecule has 7 nitrogen and oxygen atoms in total. The van der Waals surface area contributed by atoms with Crippen molar-refractivity contribution in [2.45, 2.75) is 38.5 Å². The zero-order valence-electron chi connectivity index (χ0n) is 15.0. The fraction of sp³-hybridized carbons (Fsp3) is 0.611. The van der Waals surface area contributed by atoms with Crippen molar-refractivity contribution in [2.75, 3.05) is 23.9 Å². The Morgan fingerprint density at radius 3 is 2.70 bits per heavy atom. The van der Waals surface area contributed by atoms with Crippen LogP contribution in [0.15, 0.2) is 6.07 Å². The largest absolute Gasteiger partial charge is 0.506 e. The molecule has 1 atom stereocenters. The van der Waals surface area contributed by atoms with Crippen molar-refractivity contribution in [3.05, 3.63) is 23.0 Å². The molecule has 1 aliphatic heterocycles. The number of carbonyl (C=O) groups is 1. The molecule has 1 aromatic carbocycles.